The lowest BCUT2D eigenvalue weighted by Crippen LogP contribution is -2.39. The van der Waals surface area contributed by atoms with E-state index in [1.807, 2.05) is 0 Å². The molecule has 0 spiro atoms. The Morgan fingerprint density at radius 3 is 2.50 bits per heavy atom. The molecule has 3 heteroatoms. The van der Waals surface area contributed by atoms with E-state index < -0.39 is 0 Å². The summed E-state index contributed by atoms with van der Waals surface area (Å²) in [6.07, 6.45) is 5.85. The number of unbranched alkanes of at least 4 members (excludes halogenated alkanes) is 2. The van der Waals surface area contributed by atoms with Crippen LogP contribution in [0.3, 0.4) is 0 Å². The molecule has 1 unspecified atom stereocenters. The molecule has 1 atom stereocenters. The van der Waals surface area contributed by atoms with Gasteiger partial charge >= 0.3 is 0 Å². The Bertz CT molecular complexity index is 148. The van der Waals surface area contributed by atoms with E-state index >= 15 is 0 Å². The zero-order valence-corrected chi connectivity index (χ0v) is 9.73. The summed E-state index contributed by atoms with van der Waals surface area (Å²) in [6, 6.07) is 0.363. The van der Waals surface area contributed by atoms with Crippen LogP contribution in [0.2, 0.25) is 0 Å². The van der Waals surface area contributed by atoms with Crippen molar-refractivity contribution in [3.05, 3.63) is 0 Å². The second kappa shape index (κ2) is 9.00. The molecule has 0 fully saturated rings. The normalized spacial score (nSPS) is 12.5. The lowest BCUT2D eigenvalue weighted by Gasteiger charge is -2.16. The molecule has 0 heterocycles. The highest BCUT2D eigenvalue weighted by molar-refractivity contribution is 5.78. The Balaban J connectivity index is 3.61. The molecule has 0 saturated carbocycles. The van der Waals surface area contributed by atoms with Crippen molar-refractivity contribution in [2.45, 2.75) is 52.0 Å². The monoisotopic (exact) mass is 200 g/mol. The van der Waals surface area contributed by atoms with Crippen molar-refractivity contribution in [2.75, 3.05) is 13.6 Å². The molecule has 0 radical (unpaired) electrons. The Hall–Kier alpha value is -0.570. The molecule has 0 bridgehead atoms. The zero-order valence-electron chi connectivity index (χ0n) is 9.73. The number of carbonyl (C=O) groups excluding carboxylic acids is 1. The van der Waals surface area contributed by atoms with Gasteiger partial charge in [0.25, 0.3) is 0 Å². The number of likely N-dealkylation sites (N-methyl/N-ethyl adjacent to an activating group) is 1. The van der Waals surface area contributed by atoms with Crippen LogP contribution in [0.15, 0.2) is 0 Å². The van der Waals surface area contributed by atoms with Gasteiger partial charge in [0.05, 0.1) is 6.54 Å². The molecule has 3 nitrogen and oxygen atoms in total. The maximum atomic E-state index is 11.3. The molecule has 1 amide bonds. The van der Waals surface area contributed by atoms with Crippen LogP contribution in [0.5, 0.6) is 0 Å². The van der Waals surface area contributed by atoms with Crippen LogP contribution in [0.25, 0.3) is 0 Å². The van der Waals surface area contributed by atoms with Gasteiger partial charge in [0, 0.05) is 6.04 Å². The van der Waals surface area contributed by atoms with Crippen molar-refractivity contribution in [2.24, 2.45) is 0 Å². The summed E-state index contributed by atoms with van der Waals surface area (Å²) in [4.78, 5) is 11.3. The summed E-state index contributed by atoms with van der Waals surface area (Å²) >= 11 is 0. The van der Waals surface area contributed by atoms with Gasteiger partial charge in [-0.2, -0.15) is 0 Å². The summed E-state index contributed by atoms with van der Waals surface area (Å²) in [5.74, 6) is 0.107. The highest BCUT2D eigenvalue weighted by atomic mass is 16.1. The van der Waals surface area contributed by atoms with Gasteiger partial charge in [-0.05, 0) is 19.9 Å². The molecule has 0 aliphatic carbocycles. The first kappa shape index (κ1) is 13.4. The largest absolute Gasteiger partial charge is 0.352 e. The highest BCUT2D eigenvalue weighted by Gasteiger charge is 2.08. The van der Waals surface area contributed by atoms with Crippen LogP contribution < -0.4 is 10.6 Å². The van der Waals surface area contributed by atoms with Gasteiger partial charge < -0.3 is 10.6 Å². The van der Waals surface area contributed by atoms with Gasteiger partial charge in [0.1, 0.15) is 0 Å². The Kier molecular flexibility index (Phi) is 8.64. The maximum absolute atomic E-state index is 11.3. The van der Waals surface area contributed by atoms with Gasteiger partial charge in [0.15, 0.2) is 0 Å². The fourth-order valence-electron chi connectivity index (χ4n) is 1.46. The molecule has 14 heavy (non-hydrogen) atoms. The molecule has 84 valence electrons. The molecule has 0 aromatic heterocycles. The summed E-state index contributed by atoms with van der Waals surface area (Å²) in [7, 11) is 1.79. The average Bonchev–Trinajstić information content (AvgIpc) is 2.17. The van der Waals surface area contributed by atoms with Crippen molar-refractivity contribution in [3.8, 4) is 0 Å². The third-order valence-electron chi connectivity index (χ3n) is 2.35. The number of carbonyl (C=O) groups is 1. The maximum Gasteiger partial charge on any atom is 0.234 e. The number of rotatable bonds is 8. The molecule has 2 N–H and O–H groups in total. The van der Waals surface area contributed by atoms with Crippen LogP contribution >= 0.6 is 0 Å². The second-order valence-electron chi connectivity index (χ2n) is 3.70. The van der Waals surface area contributed by atoms with Gasteiger partial charge in [-0.15, -0.1) is 0 Å². The van der Waals surface area contributed by atoms with E-state index in [2.05, 4.69) is 24.5 Å². The van der Waals surface area contributed by atoms with Crippen LogP contribution in [0.1, 0.15) is 46.0 Å². The molecule has 0 aromatic rings. The third-order valence-corrected chi connectivity index (χ3v) is 2.35. The average molecular weight is 200 g/mol. The number of nitrogens with one attached hydrogen (secondary N) is 2. The predicted molar refractivity (Wildman–Crippen MR) is 60.3 cm³/mol. The quantitative estimate of drug-likeness (QED) is 0.585. The van der Waals surface area contributed by atoms with Gasteiger partial charge in [-0.25, -0.2) is 0 Å². The van der Waals surface area contributed by atoms with E-state index in [-0.39, 0.29) is 5.91 Å². The molecule has 0 saturated heterocycles. The van der Waals surface area contributed by atoms with Crippen LogP contribution in [-0.2, 0) is 4.79 Å². The summed E-state index contributed by atoms with van der Waals surface area (Å²) in [6.45, 7) is 4.74. The second-order valence-corrected chi connectivity index (χ2v) is 3.70. The summed E-state index contributed by atoms with van der Waals surface area (Å²) in [5, 5.41) is 5.88. The third kappa shape index (κ3) is 6.89. The van der Waals surface area contributed by atoms with E-state index in [1.165, 1.54) is 19.3 Å². The van der Waals surface area contributed by atoms with E-state index in [9.17, 15) is 4.79 Å². The Labute approximate surface area is 87.6 Å². The van der Waals surface area contributed by atoms with Crippen LogP contribution in [0.4, 0.5) is 0 Å². The number of amides is 1. The van der Waals surface area contributed by atoms with Crippen molar-refractivity contribution >= 4 is 5.91 Å². The van der Waals surface area contributed by atoms with E-state index in [0.717, 1.165) is 12.8 Å². The minimum absolute atomic E-state index is 0.107. The first-order valence-electron chi connectivity index (χ1n) is 5.68. The van der Waals surface area contributed by atoms with E-state index in [0.29, 0.717) is 12.6 Å². The molecule has 0 aromatic carbocycles. The zero-order chi connectivity index (χ0) is 10.8. The van der Waals surface area contributed by atoms with Gasteiger partial charge in [-0.1, -0.05) is 33.1 Å². The summed E-state index contributed by atoms with van der Waals surface area (Å²) < 4.78 is 0. The van der Waals surface area contributed by atoms with Crippen molar-refractivity contribution in [3.63, 3.8) is 0 Å². The molecular formula is C11H24N2O. The van der Waals surface area contributed by atoms with E-state index in [4.69, 9.17) is 0 Å². The first-order chi connectivity index (χ1) is 6.74. The lowest BCUT2D eigenvalue weighted by atomic mass is 10.1. The minimum Gasteiger partial charge on any atom is -0.352 e. The highest BCUT2D eigenvalue weighted by Crippen LogP contribution is 2.05. The minimum atomic E-state index is 0.107. The van der Waals surface area contributed by atoms with Crippen molar-refractivity contribution in [1.29, 1.82) is 0 Å². The standard InChI is InChI=1S/C11H24N2O/c1-4-6-7-8-10(5-2)13-11(14)9-12-3/h10,12H,4-9H2,1-3H3,(H,13,14). The fraction of sp³-hybridized carbons (Fsp3) is 0.909. The summed E-state index contributed by atoms with van der Waals surface area (Å²) in [5.41, 5.74) is 0. The topological polar surface area (TPSA) is 41.1 Å². The molecule has 0 rings (SSSR count). The fourth-order valence-corrected chi connectivity index (χ4v) is 1.46. The number of hydrogen-bond donors (Lipinski definition) is 2. The van der Waals surface area contributed by atoms with Gasteiger partial charge in [-0.3, -0.25) is 4.79 Å². The lowest BCUT2D eigenvalue weighted by molar-refractivity contribution is -0.120. The first-order valence-corrected chi connectivity index (χ1v) is 5.68. The molecule has 0 aliphatic heterocycles. The smallest absolute Gasteiger partial charge is 0.234 e. The van der Waals surface area contributed by atoms with Crippen molar-refractivity contribution < 1.29 is 4.79 Å². The Morgan fingerprint density at radius 2 is 2.00 bits per heavy atom. The molecule has 0 aliphatic rings. The van der Waals surface area contributed by atoms with Crippen LogP contribution in [0, 0.1) is 0 Å². The SMILES string of the molecule is CCCCCC(CC)NC(=O)CNC. The molecular weight excluding hydrogens is 176 g/mol. The number of hydrogen-bond acceptors (Lipinski definition) is 2. The Morgan fingerprint density at radius 1 is 1.29 bits per heavy atom. The van der Waals surface area contributed by atoms with Crippen LogP contribution in [-0.4, -0.2) is 25.5 Å². The van der Waals surface area contributed by atoms with Crippen molar-refractivity contribution in [1.82, 2.24) is 10.6 Å². The predicted octanol–water partition coefficient (Wildman–Crippen LogP) is 1.68. The van der Waals surface area contributed by atoms with Gasteiger partial charge in [0.2, 0.25) is 5.91 Å². The van der Waals surface area contributed by atoms with E-state index in [1.54, 1.807) is 7.05 Å².